The molecule has 5 aromatic rings. The van der Waals surface area contributed by atoms with E-state index in [-0.39, 0.29) is 12.1 Å². The van der Waals surface area contributed by atoms with Crippen molar-refractivity contribution in [2.75, 3.05) is 7.11 Å². The number of halogens is 2. The Morgan fingerprint density at radius 1 is 0.805 bits per heavy atom. The van der Waals surface area contributed by atoms with E-state index in [0.717, 1.165) is 59.4 Å². The number of nitrogens with zero attached hydrogens (tertiary/aromatic N) is 3. The molecule has 0 N–H and O–H groups in total. The van der Waals surface area contributed by atoms with Gasteiger partial charge in [-0.1, -0.05) is 104 Å². The second-order valence-corrected chi connectivity index (χ2v) is 10.1. The van der Waals surface area contributed by atoms with Gasteiger partial charge < -0.3 is 9.30 Å². The van der Waals surface area contributed by atoms with Crippen LogP contribution in [0.15, 0.2) is 109 Å². The number of hydrogen-bond donors (Lipinski definition) is 0. The Labute approximate surface area is 240 Å². The Bertz CT molecular complexity index is 1540. The highest BCUT2D eigenvalue weighted by atomic mass is 19.1. The van der Waals surface area contributed by atoms with E-state index in [4.69, 9.17) is 9.72 Å². The Kier molecular flexibility index (Phi) is 9.34. The van der Waals surface area contributed by atoms with Crippen molar-refractivity contribution >= 4 is 0 Å². The summed E-state index contributed by atoms with van der Waals surface area (Å²) in [6.07, 6.45) is 1.50. The summed E-state index contributed by atoms with van der Waals surface area (Å²) in [6.45, 7) is 3.50. The summed E-state index contributed by atoms with van der Waals surface area (Å²) >= 11 is 0. The number of rotatable bonds is 12. The fourth-order valence-electron chi connectivity index (χ4n) is 5.25. The summed E-state index contributed by atoms with van der Waals surface area (Å²) in [5, 5.41) is 0. The lowest BCUT2D eigenvalue weighted by atomic mass is 10.1. The number of aromatic nitrogens is 2. The van der Waals surface area contributed by atoms with Gasteiger partial charge in [0, 0.05) is 43.4 Å². The SMILES string of the molecule is CCCCn1c(-c2ccccc2)nc(-c2ccccc2)c1CN(Cc1cc(F)ccc1F)C(OC)c1ccccc1. The van der Waals surface area contributed by atoms with E-state index in [1.165, 1.54) is 12.1 Å². The lowest BCUT2D eigenvalue weighted by Gasteiger charge is -2.32. The Balaban J connectivity index is 1.68. The van der Waals surface area contributed by atoms with Crippen LogP contribution >= 0.6 is 0 Å². The summed E-state index contributed by atoms with van der Waals surface area (Å²) in [6, 6.07) is 33.8. The molecule has 1 heterocycles. The highest BCUT2D eigenvalue weighted by molar-refractivity contribution is 5.68. The standard InChI is InChI=1S/C35H35F2N3O/c1-3-4-22-40-32(33(26-14-8-5-9-15-26)38-34(40)27-16-10-6-11-17-27)25-39(24-29-23-30(36)20-21-31(29)37)35(41-2)28-18-12-7-13-19-28/h5-21,23,35H,3-4,22,24-25H2,1-2H3. The Morgan fingerprint density at radius 2 is 1.44 bits per heavy atom. The molecule has 0 saturated carbocycles. The van der Waals surface area contributed by atoms with Crippen LogP contribution in [-0.2, 0) is 24.4 Å². The van der Waals surface area contributed by atoms with Crippen molar-refractivity contribution in [1.29, 1.82) is 0 Å². The molecule has 6 heteroatoms. The van der Waals surface area contributed by atoms with Crippen molar-refractivity contribution in [3.05, 3.63) is 138 Å². The molecule has 0 amide bonds. The second kappa shape index (κ2) is 13.5. The fourth-order valence-corrected chi connectivity index (χ4v) is 5.25. The molecule has 210 valence electrons. The van der Waals surface area contributed by atoms with Gasteiger partial charge in [0.1, 0.15) is 23.7 Å². The maximum Gasteiger partial charge on any atom is 0.140 e. The van der Waals surface area contributed by atoms with Crippen LogP contribution in [0.5, 0.6) is 0 Å². The largest absolute Gasteiger partial charge is 0.362 e. The molecule has 41 heavy (non-hydrogen) atoms. The van der Waals surface area contributed by atoms with Gasteiger partial charge in [-0.2, -0.15) is 0 Å². The predicted octanol–water partition coefficient (Wildman–Crippen LogP) is 8.64. The molecule has 0 aliphatic heterocycles. The van der Waals surface area contributed by atoms with Crippen molar-refractivity contribution in [1.82, 2.24) is 14.5 Å². The van der Waals surface area contributed by atoms with Gasteiger partial charge in [0.2, 0.25) is 0 Å². The number of hydrogen-bond acceptors (Lipinski definition) is 3. The van der Waals surface area contributed by atoms with Gasteiger partial charge in [0.05, 0.1) is 11.4 Å². The molecule has 5 rings (SSSR count). The van der Waals surface area contributed by atoms with Crippen LogP contribution in [0.25, 0.3) is 22.6 Å². The quantitative estimate of drug-likeness (QED) is 0.145. The molecule has 1 unspecified atom stereocenters. The highest BCUT2D eigenvalue weighted by Crippen LogP contribution is 2.34. The maximum absolute atomic E-state index is 15.0. The highest BCUT2D eigenvalue weighted by Gasteiger charge is 2.27. The van der Waals surface area contributed by atoms with Gasteiger partial charge in [0.15, 0.2) is 0 Å². The van der Waals surface area contributed by atoms with Crippen LogP contribution in [0.3, 0.4) is 0 Å². The summed E-state index contributed by atoms with van der Waals surface area (Å²) in [5.41, 5.74) is 5.09. The van der Waals surface area contributed by atoms with Crippen LogP contribution in [0.1, 0.15) is 42.8 Å². The summed E-state index contributed by atoms with van der Waals surface area (Å²) in [7, 11) is 1.65. The first-order chi connectivity index (χ1) is 20.1. The molecular formula is C35H35F2N3O. The lowest BCUT2D eigenvalue weighted by Crippen LogP contribution is -2.31. The summed E-state index contributed by atoms with van der Waals surface area (Å²) in [4.78, 5) is 7.26. The minimum atomic E-state index is -0.503. The molecule has 1 aromatic heterocycles. The van der Waals surface area contributed by atoms with E-state index < -0.39 is 17.9 Å². The van der Waals surface area contributed by atoms with E-state index in [9.17, 15) is 4.39 Å². The third kappa shape index (κ3) is 6.62. The average Bonchev–Trinajstić information content (AvgIpc) is 3.37. The first-order valence-corrected chi connectivity index (χ1v) is 14.0. The zero-order valence-corrected chi connectivity index (χ0v) is 23.5. The molecule has 0 saturated heterocycles. The molecule has 0 aliphatic carbocycles. The van der Waals surface area contributed by atoms with Crippen LogP contribution in [0.4, 0.5) is 8.78 Å². The molecule has 1 atom stereocenters. The van der Waals surface area contributed by atoms with Gasteiger partial charge in [0.25, 0.3) is 0 Å². The minimum absolute atomic E-state index is 0.144. The first-order valence-electron chi connectivity index (χ1n) is 14.0. The molecule has 0 aliphatic rings. The van der Waals surface area contributed by atoms with Crippen molar-refractivity contribution in [3.8, 4) is 22.6 Å². The molecule has 4 nitrogen and oxygen atoms in total. The maximum atomic E-state index is 15.0. The zero-order valence-electron chi connectivity index (χ0n) is 23.5. The van der Waals surface area contributed by atoms with Gasteiger partial charge in [-0.15, -0.1) is 0 Å². The van der Waals surface area contributed by atoms with Crippen LogP contribution in [0, 0.1) is 11.6 Å². The third-order valence-electron chi connectivity index (χ3n) is 7.26. The molecule has 0 bridgehead atoms. The van der Waals surface area contributed by atoms with E-state index in [1.807, 2.05) is 71.6 Å². The number of ether oxygens (including phenoxy) is 1. The summed E-state index contributed by atoms with van der Waals surface area (Å²) in [5.74, 6) is -0.0371. The first kappa shape index (κ1) is 28.4. The molecule has 0 fully saturated rings. The lowest BCUT2D eigenvalue weighted by molar-refractivity contribution is -0.0468. The predicted molar refractivity (Wildman–Crippen MR) is 160 cm³/mol. The van der Waals surface area contributed by atoms with E-state index in [2.05, 4.69) is 35.8 Å². The molecular weight excluding hydrogens is 516 g/mol. The topological polar surface area (TPSA) is 30.3 Å². The number of unbranched alkanes of at least 4 members (excludes halogenated alkanes) is 1. The van der Waals surface area contributed by atoms with Crippen molar-refractivity contribution in [3.63, 3.8) is 0 Å². The van der Waals surface area contributed by atoms with E-state index >= 15 is 4.39 Å². The Hall–Kier alpha value is -4.13. The average molecular weight is 552 g/mol. The second-order valence-electron chi connectivity index (χ2n) is 10.1. The van der Waals surface area contributed by atoms with Crippen LogP contribution in [-0.4, -0.2) is 21.6 Å². The number of benzene rings is 4. The zero-order chi connectivity index (χ0) is 28.6. The van der Waals surface area contributed by atoms with Gasteiger partial charge in [-0.25, -0.2) is 13.8 Å². The number of imidazole rings is 1. The summed E-state index contributed by atoms with van der Waals surface area (Å²) < 4.78 is 37.6. The van der Waals surface area contributed by atoms with Crippen molar-refractivity contribution < 1.29 is 13.5 Å². The molecule has 0 radical (unpaired) electrons. The third-order valence-corrected chi connectivity index (χ3v) is 7.26. The Morgan fingerprint density at radius 3 is 2.07 bits per heavy atom. The van der Waals surface area contributed by atoms with Crippen LogP contribution < -0.4 is 0 Å². The monoisotopic (exact) mass is 551 g/mol. The van der Waals surface area contributed by atoms with Crippen LogP contribution in [0.2, 0.25) is 0 Å². The van der Waals surface area contributed by atoms with E-state index in [1.54, 1.807) is 7.11 Å². The smallest absolute Gasteiger partial charge is 0.140 e. The van der Waals surface area contributed by atoms with Gasteiger partial charge >= 0.3 is 0 Å². The normalized spacial score (nSPS) is 12.1. The molecule has 4 aromatic carbocycles. The number of methoxy groups -OCH3 is 1. The van der Waals surface area contributed by atoms with E-state index in [0.29, 0.717) is 6.54 Å². The molecule has 0 spiro atoms. The van der Waals surface area contributed by atoms with Crippen molar-refractivity contribution in [2.45, 2.75) is 45.6 Å². The van der Waals surface area contributed by atoms with Crippen molar-refractivity contribution in [2.24, 2.45) is 0 Å². The van der Waals surface area contributed by atoms with Gasteiger partial charge in [-0.05, 0) is 30.2 Å². The fraction of sp³-hybridized carbons (Fsp3) is 0.229. The van der Waals surface area contributed by atoms with Gasteiger partial charge in [-0.3, -0.25) is 4.90 Å². The minimum Gasteiger partial charge on any atom is -0.362 e.